The Morgan fingerprint density at radius 3 is 2.13 bits per heavy atom. The molecule has 3 rings (SSSR count). The van der Waals surface area contributed by atoms with Gasteiger partial charge in [0, 0.05) is 32.1 Å². The molecular formula is C12H20N2O. The second-order valence-electron chi connectivity index (χ2n) is 5.67. The van der Waals surface area contributed by atoms with E-state index in [1.54, 1.807) is 0 Å². The maximum Gasteiger partial charge on any atom is 0.226 e. The predicted octanol–water partition coefficient (Wildman–Crippen LogP) is 0.566. The van der Waals surface area contributed by atoms with Crippen molar-refractivity contribution in [2.24, 2.45) is 29.6 Å². The largest absolute Gasteiger partial charge is 0.342 e. The number of likely N-dealkylation sites (tertiary alicyclic amines) is 1. The number of nitrogens with zero attached hydrogens (tertiary/aromatic N) is 1. The number of nitrogens with one attached hydrogen (secondary N) is 1. The Kier molecular flexibility index (Phi) is 2.06. The summed E-state index contributed by atoms with van der Waals surface area (Å²) in [6.07, 6.45) is 0. The molecule has 3 aliphatic rings. The second kappa shape index (κ2) is 3.21. The van der Waals surface area contributed by atoms with Crippen molar-refractivity contribution in [3.05, 3.63) is 0 Å². The van der Waals surface area contributed by atoms with Gasteiger partial charge in [0.2, 0.25) is 5.91 Å². The zero-order valence-electron chi connectivity index (χ0n) is 9.57. The number of fused-ring (bicyclic) bond motifs is 1. The van der Waals surface area contributed by atoms with E-state index in [9.17, 15) is 4.79 Å². The van der Waals surface area contributed by atoms with Crippen LogP contribution in [0.5, 0.6) is 0 Å². The van der Waals surface area contributed by atoms with Gasteiger partial charge >= 0.3 is 0 Å². The van der Waals surface area contributed by atoms with Crippen LogP contribution in [0.1, 0.15) is 13.8 Å². The van der Waals surface area contributed by atoms with Crippen LogP contribution in [0.15, 0.2) is 0 Å². The normalized spacial score (nSPS) is 48.1. The van der Waals surface area contributed by atoms with Gasteiger partial charge in [-0.05, 0) is 23.7 Å². The first-order chi connectivity index (χ1) is 7.18. The smallest absolute Gasteiger partial charge is 0.226 e. The summed E-state index contributed by atoms with van der Waals surface area (Å²) in [6, 6.07) is 0. The molecule has 2 saturated heterocycles. The lowest BCUT2D eigenvalue weighted by atomic mass is 10.0. The third kappa shape index (κ3) is 1.40. The van der Waals surface area contributed by atoms with E-state index in [1.165, 1.54) is 0 Å². The topological polar surface area (TPSA) is 32.3 Å². The van der Waals surface area contributed by atoms with Crippen LogP contribution in [0.2, 0.25) is 0 Å². The molecule has 0 radical (unpaired) electrons. The molecule has 1 saturated carbocycles. The molecule has 3 nitrogen and oxygen atoms in total. The van der Waals surface area contributed by atoms with Gasteiger partial charge in [0.1, 0.15) is 0 Å². The van der Waals surface area contributed by atoms with Gasteiger partial charge < -0.3 is 10.2 Å². The third-order valence-electron chi connectivity index (χ3n) is 4.81. The molecule has 2 heterocycles. The van der Waals surface area contributed by atoms with Gasteiger partial charge in [0.05, 0.1) is 0 Å². The third-order valence-corrected chi connectivity index (χ3v) is 4.81. The molecular weight excluding hydrogens is 188 g/mol. The van der Waals surface area contributed by atoms with Crippen LogP contribution in [0, 0.1) is 29.6 Å². The van der Waals surface area contributed by atoms with Gasteiger partial charge in [-0.1, -0.05) is 13.8 Å². The van der Waals surface area contributed by atoms with Gasteiger partial charge in [-0.25, -0.2) is 0 Å². The lowest BCUT2D eigenvalue weighted by Crippen LogP contribution is -2.33. The molecule has 1 amide bonds. The Morgan fingerprint density at radius 2 is 1.67 bits per heavy atom. The molecule has 0 aromatic carbocycles. The molecule has 1 N–H and O–H groups in total. The van der Waals surface area contributed by atoms with E-state index >= 15 is 0 Å². The molecule has 3 unspecified atom stereocenters. The fourth-order valence-electron chi connectivity index (χ4n) is 3.36. The van der Waals surface area contributed by atoms with Gasteiger partial charge in [-0.15, -0.1) is 0 Å². The molecule has 2 aliphatic heterocycles. The molecule has 0 aromatic rings. The average Bonchev–Trinajstić information content (AvgIpc) is 2.59. The zero-order valence-corrected chi connectivity index (χ0v) is 9.57. The molecule has 3 fully saturated rings. The molecule has 0 aromatic heterocycles. The number of carbonyl (C=O) groups is 1. The quantitative estimate of drug-likeness (QED) is 0.683. The van der Waals surface area contributed by atoms with Crippen molar-refractivity contribution in [3.8, 4) is 0 Å². The highest BCUT2D eigenvalue weighted by Crippen LogP contribution is 2.47. The summed E-state index contributed by atoms with van der Waals surface area (Å²) in [5.74, 6) is 3.49. The summed E-state index contributed by atoms with van der Waals surface area (Å²) >= 11 is 0. The summed E-state index contributed by atoms with van der Waals surface area (Å²) in [5.41, 5.74) is 0. The summed E-state index contributed by atoms with van der Waals surface area (Å²) in [4.78, 5) is 14.3. The van der Waals surface area contributed by atoms with E-state index < -0.39 is 0 Å². The SMILES string of the molecule is C[C@@H]1C(C(=O)N2CC3CNCC3C2)[C@@H]1C. The Labute approximate surface area is 91.2 Å². The Bertz CT molecular complexity index is 271. The molecule has 15 heavy (non-hydrogen) atoms. The molecule has 0 bridgehead atoms. The fraction of sp³-hybridized carbons (Fsp3) is 0.917. The molecule has 3 heteroatoms. The Hall–Kier alpha value is -0.570. The van der Waals surface area contributed by atoms with E-state index in [0.717, 1.165) is 38.0 Å². The highest BCUT2D eigenvalue weighted by Gasteiger charge is 2.51. The van der Waals surface area contributed by atoms with Crippen LogP contribution < -0.4 is 5.32 Å². The second-order valence-corrected chi connectivity index (χ2v) is 5.67. The predicted molar refractivity (Wildman–Crippen MR) is 58.2 cm³/mol. The van der Waals surface area contributed by atoms with Gasteiger partial charge in [-0.3, -0.25) is 4.79 Å². The first-order valence-electron chi connectivity index (χ1n) is 6.18. The monoisotopic (exact) mass is 208 g/mol. The van der Waals surface area contributed by atoms with Crippen LogP contribution in [0.25, 0.3) is 0 Å². The summed E-state index contributed by atoms with van der Waals surface area (Å²) < 4.78 is 0. The summed E-state index contributed by atoms with van der Waals surface area (Å²) in [6.45, 7) is 8.64. The Balaban J connectivity index is 1.63. The van der Waals surface area contributed by atoms with E-state index in [0.29, 0.717) is 23.7 Å². The van der Waals surface area contributed by atoms with Crippen LogP contribution in [-0.4, -0.2) is 37.0 Å². The Morgan fingerprint density at radius 1 is 1.13 bits per heavy atom. The van der Waals surface area contributed by atoms with Crippen molar-refractivity contribution in [1.29, 1.82) is 0 Å². The molecule has 84 valence electrons. The molecule has 5 atom stereocenters. The highest BCUT2D eigenvalue weighted by atomic mass is 16.2. The molecule has 1 aliphatic carbocycles. The first kappa shape index (κ1) is 9.64. The van der Waals surface area contributed by atoms with Crippen molar-refractivity contribution >= 4 is 5.91 Å². The fourth-order valence-corrected chi connectivity index (χ4v) is 3.36. The lowest BCUT2D eigenvalue weighted by Gasteiger charge is -2.17. The standard InChI is InChI=1S/C12H20N2O/c1-7-8(2)11(7)12(15)14-5-9-3-13-4-10(9)6-14/h7-11,13H,3-6H2,1-2H3/t7-,8+,9?,10?,11?. The van der Waals surface area contributed by atoms with Crippen molar-refractivity contribution in [3.63, 3.8) is 0 Å². The van der Waals surface area contributed by atoms with Crippen LogP contribution in [-0.2, 0) is 4.79 Å². The van der Waals surface area contributed by atoms with Crippen LogP contribution in [0.3, 0.4) is 0 Å². The van der Waals surface area contributed by atoms with Crippen molar-refractivity contribution in [1.82, 2.24) is 10.2 Å². The van der Waals surface area contributed by atoms with Crippen molar-refractivity contribution in [2.75, 3.05) is 26.2 Å². The van der Waals surface area contributed by atoms with Crippen molar-refractivity contribution < 1.29 is 4.79 Å². The minimum atomic E-state index is 0.344. The zero-order chi connectivity index (χ0) is 10.6. The summed E-state index contributed by atoms with van der Waals surface area (Å²) in [7, 11) is 0. The van der Waals surface area contributed by atoms with Crippen LogP contribution in [0.4, 0.5) is 0 Å². The van der Waals surface area contributed by atoms with E-state index in [4.69, 9.17) is 0 Å². The average molecular weight is 208 g/mol. The van der Waals surface area contributed by atoms with Crippen molar-refractivity contribution in [2.45, 2.75) is 13.8 Å². The number of hydrogen-bond acceptors (Lipinski definition) is 2. The number of rotatable bonds is 1. The maximum atomic E-state index is 12.2. The van der Waals surface area contributed by atoms with Gasteiger partial charge in [-0.2, -0.15) is 0 Å². The van der Waals surface area contributed by atoms with E-state index in [1.807, 2.05) is 0 Å². The van der Waals surface area contributed by atoms with Gasteiger partial charge in [0.25, 0.3) is 0 Å². The number of amides is 1. The van der Waals surface area contributed by atoms with E-state index in [-0.39, 0.29) is 0 Å². The van der Waals surface area contributed by atoms with Gasteiger partial charge in [0.15, 0.2) is 0 Å². The lowest BCUT2D eigenvalue weighted by molar-refractivity contribution is -0.132. The highest BCUT2D eigenvalue weighted by molar-refractivity contribution is 5.82. The van der Waals surface area contributed by atoms with Crippen LogP contribution >= 0.6 is 0 Å². The summed E-state index contributed by atoms with van der Waals surface area (Å²) in [5, 5.41) is 3.41. The minimum absolute atomic E-state index is 0.344. The molecule has 0 spiro atoms. The van der Waals surface area contributed by atoms with E-state index in [2.05, 4.69) is 24.1 Å². The maximum absolute atomic E-state index is 12.2. The number of carbonyl (C=O) groups excluding carboxylic acids is 1. The first-order valence-corrected chi connectivity index (χ1v) is 6.18. The minimum Gasteiger partial charge on any atom is -0.342 e. The number of hydrogen-bond donors (Lipinski definition) is 1.